The van der Waals surface area contributed by atoms with Crippen LogP contribution < -0.4 is 20.1 Å². The third-order valence-corrected chi connectivity index (χ3v) is 9.34. The SMILES string of the molecule is C=CC1C(COP(=O)(NC(C)C(=O)OCC(C)(C)C)Oc2cccc3ccccc23)OC(n2cnc3c(OC)nc(N)nc32)C1(C)O. The van der Waals surface area contributed by atoms with E-state index in [0.717, 1.165) is 5.39 Å². The highest BCUT2D eigenvalue weighted by Crippen LogP contribution is 2.50. The molecule has 47 heavy (non-hydrogen) atoms. The number of nitrogens with one attached hydrogen (secondary N) is 1. The third-order valence-electron chi connectivity index (χ3n) is 7.72. The van der Waals surface area contributed by atoms with E-state index in [4.69, 9.17) is 29.0 Å². The van der Waals surface area contributed by atoms with Gasteiger partial charge in [0.15, 0.2) is 17.4 Å². The molecule has 0 spiro atoms. The van der Waals surface area contributed by atoms with Crippen molar-refractivity contribution in [3.63, 3.8) is 0 Å². The molecule has 15 heteroatoms. The highest BCUT2D eigenvalue weighted by Gasteiger charge is 2.53. The maximum Gasteiger partial charge on any atom is 0.459 e. The number of aliphatic hydroxyl groups is 1. The smallest absolute Gasteiger partial charge is 0.459 e. The number of fused-ring (bicyclic) bond motifs is 2. The zero-order valence-corrected chi connectivity index (χ0v) is 28.1. The van der Waals surface area contributed by atoms with E-state index in [9.17, 15) is 14.5 Å². The average molecular weight is 669 g/mol. The van der Waals surface area contributed by atoms with Gasteiger partial charge in [-0.2, -0.15) is 15.1 Å². The Morgan fingerprint density at radius 3 is 2.68 bits per heavy atom. The van der Waals surface area contributed by atoms with Crippen molar-refractivity contribution >= 4 is 41.6 Å². The molecular weight excluding hydrogens is 627 g/mol. The molecule has 4 N–H and O–H groups in total. The molecule has 3 heterocycles. The molecule has 1 aliphatic rings. The molecule has 0 aliphatic carbocycles. The lowest BCUT2D eigenvalue weighted by Gasteiger charge is -2.29. The number of imidazole rings is 1. The molecule has 5 rings (SSSR count). The number of esters is 1. The quantitative estimate of drug-likeness (QED) is 0.107. The standard InChI is InChI=1S/C32H41N6O8P/c1-8-22-24(45-29(32(22,6)40)38-18-34-25-26(38)35-30(33)36-27(25)42-7)16-44-47(41,37-19(2)28(39)43-17-31(3,4)5)46-23-15-11-13-20-12-9-10-14-21(20)23/h8-15,18-19,22,24,29,40H,1,16-17H2,2-7H3,(H,37,41)(H2,33,35,36). The molecular formula is C32H41N6O8P. The van der Waals surface area contributed by atoms with Gasteiger partial charge in [-0.05, 0) is 30.7 Å². The zero-order chi connectivity index (χ0) is 34.1. The molecule has 0 saturated carbocycles. The van der Waals surface area contributed by atoms with Crippen molar-refractivity contribution in [3.8, 4) is 11.6 Å². The summed E-state index contributed by atoms with van der Waals surface area (Å²) in [5, 5.41) is 16.0. The summed E-state index contributed by atoms with van der Waals surface area (Å²) in [5.41, 5.74) is 4.66. The molecule has 6 atom stereocenters. The molecule has 0 bridgehead atoms. The van der Waals surface area contributed by atoms with Crippen LogP contribution in [0.25, 0.3) is 21.9 Å². The number of ether oxygens (including phenoxy) is 3. The van der Waals surface area contributed by atoms with E-state index in [2.05, 4.69) is 26.6 Å². The van der Waals surface area contributed by atoms with Gasteiger partial charge < -0.3 is 29.6 Å². The van der Waals surface area contributed by atoms with Crippen LogP contribution in [0.3, 0.4) is 0 Å². The Balaban J connectivity index is 1.43. The molecule has 6 unspecified atom stereocenters. The van der Waals surface area contributed by atoms with Crippen LogP contribution in [0.15, 0.2) is 61.4 Å². The second-order valence-corrected chi connectivity index (χ2v) is 14.5. The summed E-state index contributed by atoms with van der Waals surface area (Å²) in [4.78, 5) is 25.6. The lowest BCUT2D eigenvalue weighted by molar-refractivity contribution is -0.148. The monoisotopic (exact) mass is 668 g/mol. The van der Waals surface area contributed by atoms with Crippen LogP contribution in [0.4, 0.5) is 5.95 Å². The number of nitrogens with two attached hydrogens (primary N) is 1. The molecule has 2 aromatic heterocycles. The van der Waals surface area contributed by atoms with E-state index >= 15 is 0 Å². The number of hydrogen-bond acceptors (Lipinski definition) is 12. The summed E-state index contributed by atoms with van der Waals surface area (Å²) < 4.78 is 45.2. The molecule has 2 aromatic carbocycles. The number of hydrogen-bond donors (Lipinski definition) is 3. The van der Waals surface area contributed by atoms with E-state index < -0.39 is 43.6 Å². The highest BCUT2D eigenvalue weighted by atomic mass is 31.2. The highest BCUT2D eigenvalue weighted by molar-refractivity contribution is 7.52. The Bertz CT molecular complexity index is 1820. The zero-order valence-electron chi connectivity index (χ0n) is 27.2. The van der Waals surface area contributed by atoms with Gasteiger partial charge in [0.05, 0.1) is 32.8 Å². The molecule has 1 aliphatic heterocycles. The van der Waals surface area contributed by atoms with Crippen LogP contribution in [0.5, 0.6) is 11.6 Å². The largest absolute Gasteiger partial charge is 0.479 e. The minimum atomic E-state index is -4.31. The Hall–Kier alpha value is -4.07. The van der Waals surface area contributed by atoms with Crippen LogP contribution in [0.2, 0.25) is 0 Å². The molecule has 252 valence electrons. The number of rotatable bonds is 12. The van der Waals surface area contributed by atoms with Crippen molar-refractivity contribution in [1.82, 2.24) is 24.6 Å². The van der Waals surface area contributed by atoms with E-state index in [1.807, 2.05) is 51.1 Å². The summed E-state index contributed by atoms with van der Waals surface area (Å²) in [5.74, 6) is -0.953. The number of carbonyl (C=O) groups excluding carboxylic acids is 1. The summed E-state index contributed by atoms with van der Waals surface area (Å²) in [6, 6.07) is 11.7. The second-order valence-electron chi connectivity index (χ2n) is 12.8. The van der Waals surface area contributed by atoms with Crippen molar-refractivity contribution in [3.05, 3.63) is 61.4 Å². The van der Waals surface area contributed by atoms with E-state index in [0.29, 0.717) is 10.9 Å². The first kappa shape index (κ1) is 34.3. The van der Waals surface area contributed by atoms with Crippen LogP contribution in [-0.4, -0.2) is 68.7 Å². The van der Waals surface area contributed by atoms with Crippen molar-refractivity contribution in [1.29, 1.82) is 0 Å². The van der Waals surface area contributed by atoms with Gasteiger partial charge in [0.1, 0.15) is 17.4 Å². The average Bonchev–Trinajstić information content (AvgIpc) is 3.54. The first-order valence-corrected chi connectivity index (χ1v) is 16.6. The van der Waals surface area contributed by atoms with E-state index in [-0.39, 0.29) is 41.9 Å². The molecule has 0 radical (unpaired) electrons. The van der Waals surface area contributed by atoms with Crippen molar-refractivity contribution < 1.29 is 37.7 Å². The summed E-state index contributed by atoms with van der Waals surface area (Å²) in [6.45, 7) is 12.6. The number of nitrogen functional groups attached to an aromatic ring is 1. The van der Waals surface area contributed by atoms with Gasteiger partial charge in [-0.15, -0.1) is 6.58 Å². The number of methoxy groups -OCH3 is 1. The van der Waals surface area contributed by atoms with Crippen LogP contribution in [-0.2, 0) is 23.4 Å². The fourth-order valence-corrected chi connectivity index (χ4v) is 6.92. The van der Waals surface area contributed by atoms with Crippen LogP contribution in [0, 0.1) is 11.3 Å². The van der Waals surface area contributed by atoms with E-state index in [1.54, 1.807) is 19.1 Å². The Kier molecular flexibility index (Phi) is 9.63. The Morgan fingerprint density at radius 1 is 1.26 bits per heavy atom. The predicted molar refractivity (Wildman–Crippen MR) is 176 cm³/mol. The van der Waals surface area contributed by atoms with Crippen molar-refractivity contribution in [2.24, 2.45) is 11.3 Å². The van der Waals surface area contributed by atoms with Gasteiger partial charge >= 0.3 is 13.7 Å². The lowest BCUT2D eigenvalue weighted by Crippen LogP contribution is -2.39. The maximum atomic E-state index is 14.5. The van der Waals surface area contributed by atoms with E-state index in [1.165, 1.54) is 31.0 Å². The summed E-state index contributed by atoms with van der Waals surface area (Å²) in [7, 11) is -2.88. The first-order valence-electron chi connectivity index (χ1n) is 15.1. The van der Waals surface area contributed by atoms with Crippen molar-refractivity contribution in [2.75, 3.05) is 26.1 Å². The Labute approximate surface area is 272 Å². The second kappa shape index (κ2) is 13.2. The fraction of sp³-hybridized carbons (Fsp3) is 0.438. The van der Waals surface area contributed by atoms with Gasteiger partial charge in [-0.1, -0.05) is 63.2 Å². The van der Waals surface area contributed by atoms with Crippen LogP contribution >= 0.6 is 7.75 Å². The minimum absolute atomic E-state index is 0.0540. The number of carbonyl (C=O) groups is 1. The minimum Gasteiger partial charge on any atom is -0.479 e. The molecule has 0 amide bonds. The molecule has 1 saturated heterocycles. The van der Waals surface area contributed by atoms with Crippen molar-refractivity contribution in [2.45, 2.75) is 58.6 Å². The topological polar surface area (TPSA) is 182 Å². The predicted octanol–water partition coefficient (Wildman–Crippen LogP) is 4.79. The van der Waals surface area contributed by atoms with Crippen LogP contribution in [0.1, 0.15) is 40.8 Å². The lowest BCUT2D eigenvalue weighted by atomic mass is 9.86. The fourth-order valence-electron chi connectivity index (χ4n) is 5.40. The molecule has 1 fully saturated rings. The number of benzene rings is 2. The number of aromatic nitrogens is 4. The van der Waals surface area contributed by atoms with Gasteiger partial charge in [-0.3, -0.25) is 13.9 Å². The van der Waals surface area contributed by atoms with Gasteiger partial charge in [-0.25, -0.2) is 9.55 Å². The third kappa shape index (κ3) is 7.26. The van der Waals surface area contributed by atoms with Gasteiger partial charge in [0, 0.05) is 11.3 Å². The normalized spacial score (nSPS) is 23.3. The summed E-state index contributed by atoms with van der Waals surface area (Å²) >= 11 is 0. The van der Waals surface area contributed by atoms with Gasteiger partial charge in [0.25, 0.3) is 0 Å². The number of nitrogens with zero attached hydrogens (tertiary/aromatic N) is 4. The Morgan fingerprint density at radius 2 is 1.98 bits per heavy atom. The molecule has 4 aromatic rings. The maximum absolute atomic E-state index is 14.5. The summed E-state index contributed by atoms with van der Waals surface area (Å²) in [6.07, 6.45) is 1.05. The van der Waals surface area contributed by atoms with Gasteiger partial charge in [0.2, 0.25) is 11.8 Å². The number of anilines is 1. The first-order chi connectivity index (χ1) is 22.2. The molecule has 14 nitrogen and oxygen atoms in total.